The first-order valence-corrected chi connectivity index (χ1v) is 5.30. The lowest BCUT2D eigenvalue weighted by Gasteiger charge is -1.98. The minimum Gasteiger partial charge on any atom is -0.316 e. The van der Waals surface area contributed by atoms with E-state index in [2.05, 4.69) is 17.2 Å². The molecule has 0 unspecified atom stereocenters. The van der Waals surface area contributed by atoms with Gasteiger partial charge < -0.3 is 5.32 Å². The summed E-state index contributed by atoms with van der Waals surface area (Å²) in [6.45, 7) is 4.16. The maximum absolute atomic E-state index is 12.7. The van der Waals surface area contributed by atoms with Crippen LogP contribution in [-0.2, 0) is 0 Å². The second-order valence-electron chi connectivity index (χ2n) is 3.38. The van der Waals surface area contributed by atoms with Crippen LogP contribution in [0.5, 0.6) is 0 Å². The molecule has 0 atom stereocenters. The van der Waals surface area contributed by atoms with Crippen molar-refractivity contribution in [2.24, 2.45) is 0 Å². The van der Waals surface area contributed by atoms with Gasteiger partial charge in [0.25, 0.3) is 0 Å². The summed E-state index contributed by atoms with van der Waals surface area (Å²) in [5.74, 6) is -0.291. The second kappa shape index (κ2) is 7.12. The van der Waals surface area contributed by atoms with Crippen molar-refractivity contribution in [1.29, 1.82) is 0 Å². The van der Waals surface area contributed by atoms with Crippen molar-refractivity contribution in [1.82, 2.24) is 10.3 Å². The maximum atomic E-state index is 12.7. The molecule has 0 saturated heterocycles. The molecule has 1 rings (SSSR count). The standard InChI is InChI=1S/C12H17FN2/c1-2-6-14-7-4-3-5-11-8-12(13)10-15-9-11/h3,5,8-10,14H,2,4,6-7H2,1H3. The van der Waals surface area contributed by atoms with Gasteiger partial charge in [-0.05, 0) is 37.6 Å². The first kappa shape index (κ1) is 11.9. The van der Waals surface area contributed by atoms with E-state index in [9.17, 15) is 4.39 Å². The largest absolute Gasteiger partial charge is 0.316 e. The molecule has 0 aliphatic carbocycles. The van der Waals surface area contributed by atoms with E-state index < -0.39 is 0 Å². The highest BCUT2D eigenvalue weighted by Gasteiger charge is 1.90. The average Bonchev–Trinajstić information content (AvgIpc) is 2.23. The zero-order valence-electron chi connectivity index (χ0n) is 9.04. The van der Waals surface area contributed by atoms with Gasteiger partial charge in [-0.3, -0.25) is 4.98 Å². The van der Waals surface area contributed by atoms with Crippen LogP contribution in [0, 0.1) is 5.82 Å². The molecule has 1 aromatic rings. The van der Waals surface area contributed by atoms with Crippen molar-refractivity contribution in [2.75, 3.05) is 13.1 Å². The number of hydrogen-bond donors (Lipinski definition) is 1. The van der Waals surface area contributed by atoms with Crippen LogP contribution in [0.4, 0.5) is 4.39 Å². The molecular weight excluding hydrogens is 191 g/mol. The molecule has 0 bridgehead atoms. The van der Waals surface area contributed by atoms with E-state index in [1.165, 1.54) is 12.3 Å². The lowest BCUT2D eigenvalue weighted by Crippen LogP contribution is -2.14. The summed E-state index contributed by atoms with van der Waals surface area (Å²) in [6, 6.07) is 1.48. The van der Waals surface area contributed by atoms with Crippen LogP contribution in [0.25, 0.3) is 6.08 Å². The number of halogens is 1. The van der Waals surface area contributed by atoms with Crippen molar-refractivity contribution in [2.45, 2.75) is 19.8 Å². The van der Waals surface area contributed by atoms with Gasteiger partial charge in [0.15, 0.2) is 0 Å². The van der Waals surface area contributed by atoms with Gasteiger partial charge in [-0.2, -0.15) is 0 Å². The lowest BCUT2D eigenvalue weighted by atomic mass is 10.2. The summed E-state index contributed by atoms with van der Waals surface area (Å²) in [6.07, 6.45) is 8.88. The van der Waals surface area contributed by atoms with Gasteiger partial charge in [-0.25, -0.2) is 4.39 Å². The van der Waals surface area contributed by atoms with Crippen LogP contribution in [-0.4, -0.2) is 18.1 Å². The number of aromatic nitrogens is 1. The molecule has 0 fully saturated rings. The molecule has 0 aromatic carbocycles. The molecule has 0 spiro atoms. The van der Waals surface area contributed by atoms with Crippen molar-refractivity contribution < 1.29 is 4.39 Å². The van der Waals surface area contributed by atoms with Gasteiger partial charge in [-0.1, -0.05) is 19.1 Å². The highest BCUT2D eigenvalue weighted by molar-refractivity contribution is 5.47. The smallest absolute Gasteiger partial charge is 0.142 e. The summed E-state index contributed by atoms with van der Waals surface area (Å²) >= 11 is 0. The first-order valence-electron chi connectivity index (χ1n) is 5.30. The van der Waals surface area contributed by atoms with Gasteiger partial charge in [-0.15, -0.1) is 0 Å². The van der Waals surface area contributed by atoms with E-state index in [4.69, 9.17) is 0 Å². The maximum Gasteiger partial charge on any atom is 0.142 e. The Morgan fingerprint density at radius 2 is 2.27 bits per heavy atom. The monoisotopic (exact) mass is 208 g/mol. The minimum atomic E-state index is -0.291. The summed E-state index contributed by atoms with van der Waals surface area (Å²) in [7, 11) is 0. The Bertz CT molecular complexity index is 310. The number of nitrogens with one attached hydrogen (secondary N) is 1. The van der Waals surface area contributed by atoms with E-state index in [1.807, 2.05) is 12.2 Å². The molecule has 2 nitrogen and oxygen atoms in total. The number of rotatable bonds is 6. The van der Waals surface area contributed by atoms with E-state index in [0.29, 0.717) is 0 Å². The molecule has 1 aromatic heterocycles. The molecule has 1 heterocycles. The summed E-state index contributed by atoms with van der Waals surface area (Å²) in [5.41, 5.74) is 0.811. The van der Waals surface area contributed by atoms with Crippen LogP contribution in [0.2, 0.25) is 0 Å². The minimum absolute atomic E-state index is 0.291. The lowest BCUT2D eigenvalue weighted by molar-refractivity contribution is 0.621. The number of nitrogens with zero attached hydrogens (tertiary/aromatic N) is 1. The predicted molar refractivity (Wildman–Crippen MR) is 61.0 cm³/mol. The Labute approximate surface area is 90.2 Å². The molecule has 3 heteroatoms. The predicted octanol–water partition coefficient (Wildman–Crippen LogP) is 2.62. The van der Waals surface area contributed by atoms with Crippen LogP contribution in [0.15, 0.2) is 24.5 Å². The van der Waals surface area contributed by atoms with Gasteiger partial charge in [0.2, 0.25) is 0 Å². The zero-order valence-corrected chi connectivity index (χ0v) is 9.04. The Hall–Kier alpha value is -1.22. The number of pyridine rings is 1. The number of hydrogen-bond acceptors (Lipinski definition) is 2. The Morgan fingerprint density at radius 3 is 3.00 bits per heavy atom. The normalized spacial score (nSPS) is 11.1. The molecule has 0 saturated carbocycles. The summed E-state index contributed by atoms with van der Waals surface area (Å²) < 4.78 is 12.7. The molecule has 0 amide bonds. The molecule has 0 aliphatic rings. The molecule has 0 aliphatic heterocycles. The molecule has 82 valence electrons. The zero-order chi connectivity index (χ0) is 10.9. The molecule has 1 N–H and O–H groups in total. The fourth-order valence-corrected chi connectivity index (χ4v) is 1.23. The van der Waals surface area contributed by atoms with E-state index >= 15 is 0 Å². The summed E-state index contributed by atoms with van der Waals surface area (Å²) in [4.78, 5) is 3.77. The van der Waals surface area contributed by atoms with E-state index in [-0.39, 0.29) is 5.82 Å². The van der Waals surface area contributed by atoms with E-state index in [1.54, 1.807) is 6.20 Å². The van der Waals surface area contributed by atoms with Crippen LogP contribution < -0.4 is 5.32 Å². The van der Waals surface area contributed by atoms with Crippen molar-refractivity contribution in [3.05, 3.63) is 35.9 Å². The fourth-order valence-electron chi connectivity index (χ4n) is 1.23. The van der Waals surface area contributed by atoms with Gasteiger partial charge in [0.05, 0.1) is 6.20 Å². The van der Waals surface area contributed by atoms with Gasteiger partial charge in [0.1, 0.15) is 5.82 Å². The van der Waals surface area contributed by atoms with Crippen molar-refractivity contribution in [3.8, 4) is 0 Å². The highest BCUT2D eigenvalue weighted by Crippen LogP contribution is 2.03. The Morgan fingerprint density at radius 1 is 1.40 bits per heavy atom. The first-order chi connectivity index (χ1) is 7.33. The van der Waals surface area contributed by atoms with Gasteiger partial charge >= 0.3 is 0 Å². The fraction of sp³-hybridized carbons (Fsp3) is 0.417. The Balaban J connectivity index is 2.26. The van der Waals surface area contributed by atoms with Crippen molar-refractivity contribution >= 4 is 6.08 Å². The molecule has 15 heavy (non-hydrogen) atoms. The second-order valence-corrected chi connectivity index (χ2v) is 3.38. The van der Waals surface area contributed by atoms with E-state index in [0.717, 1.165) is 31.5 Å². The SMILES string of the molecule is CCCNCCC=Cc1cncc(F)c1. The van der Waals surface area contributed by atoms with Crippen molar-refractivity contribution in [3.63, 3.8) is 0 Å². The van der Waals surface area contributed by atoms with Crippen LogP contribution in [0.3, 0.4) is 0 Å². The third-order valence-electron chi connectivity index (χ3n) is 1.95. The average molecular weight is 208 g/mol. The van der Waals surface area contributed by atoms with Crippen LogP contribution >= 0.6 is 0 Å². The third-order valence-corrected chi connectivity index (χ3v) is 1.95. The highest BCUT2D eigenvalue weighted by atomic mass is 19.1. The molecular formula is C12H17FN2. The Kier molecular flexibility index (Phi) is 5.63. The third kappa shape index (κ3) is 5.27. The van der Waals surface area contributed by atoms with Crippen LogP contribution in [0.1, 0.15) is 25.3 Å². The topological polar surface area (TPSA) is 24.9 Å². The quantitative estimate of drug-likeness (QED) is 0.727. The molecule has 0 radical (unpaired) electrons. The van der Waals surface area contributed by atoms with Gasteiger partial charge in [0, 0.05) is 6.20 Å². The summed E-state index contributed by atoms with van der Waals surface area (Å²) in [5, 5.41) is 3.29.